The monoisotopic (exact) mass is 282 g/mol. The number of ketones is 1. The number of hydrogen-bond acceptors (Lipinski definition) is 4. The van der Waals surface area contributed by atoms with Crippen molar-refractivity contribution in [2.75, 3.05) is 32.1 Å². The van der Waals surface area contributed by atoms with Crippen LogP contribution in [0.2, 0.25) is 0 Å². The zero-order chi connectivity index (χ0) is 14.0. The second kappa shape index (κ2) is 5.30. The summed E-state index contributed by atoms with van der Waals surface area (Å²) < 4.78 is 25.1. The van der Waals surface area contributed by atoms with E-state index in [1.54, 1.807) is 24.3 Å². The quantitative estimate of drug-likeness (QED) is 0.833. The largest absolute Gasteiger partial charge is 0.371 e. The first-order valence-corrected chi connectivity index (χ1v) is 7.64. The number of Topliss-reactive ketones (excluding diaryl/α,β-unsaturated/α-hetero) is 1. The second-order valence-electron chi connectivity index (χ2n) is 4.81. The molecule has 0 spiro atoms. The Bertz CT molecular complexity index is 554. The molecule has 1 aliphatic heterocycles. The van der Waals surface area contributed by atoms with Crippen LogP contribution in [-0.2, 0) is 14.8 Å². The lowest BCUT2D eigenvalue weighted by Crippen LogP contribution is -2.33. The van der Waals surface area contributed by atoms with E-state index in [1.807, 2.05) is 0 Å². The Kier molecular flexibility index (Phi) is 3.91. The van der Waals surface area contributed by atoms with E-state index < -0.39 is 10.0 Å². The number of benzene rings is 1. The van der Waals surface area contributed by atoms with E-state index in [-0.39, 0.29) is 4.90 Å². The minimum atomic E-state index is -3.37. The Morgan fingerprint density at radius 1 is 1.05 bits per heavy atom. The van der Waals surface area contributed by atoms with Gasteiger partial charge < -0.3 is 4.90 Å². The van der Waals surface area contributed by atoms with Crippen LogP contribution < -0.4 is 4.90 Å². The summed E-state index contributed by atoms with van der Waals surface area (Å²) in [6.07, 6.45) is 1.13. The molecular weight excluding hydrogens is 264 g/mol. The van der Waals surface area contributed by atoms with Gasteiger partial charge >= 0.3 is 0 Å². The minimum absolute atomic E-state index is 0.286. The average Bonchev–Trinajstić information content (AvgIpc) is 2.39. The molecule has 1 heterocycles. The number of carbonyl (C=O) groups is 1. The normalized spacial score (nSPS) is 17.0. The average molecular weight is 282 g/mol. The standard InChI is InChI=1S/C13H18N2O3S/c1-14(2)19(17,18)13-5-3-11(4-6-13)15-9-7-12(16)8-10-15/h3-6H,7-10H2,1-2H3. The van der Waals surface area contributed by atoms with Crippen molar-refractivity contribution in [1.82, 2.24) is 4.31 Å². The molecule has 19 heavy (non-hydrogen) atoms. The van der Waals surface area contributed by atoms with Crippen molar-refractivity contribution in [3.63, 3.8) is 0 Å². The Balaban J connectivity index is 2.17. The van der Waals surface area contributed by atoms with Gasteiger partial charge in [-0.2, -0.15) is 0 Å². The summed E-state index contributed by atoms with van der Waals surface area (Å²) in [5, 5.41) is 0. The molecule has 5 nitrogen and oxygen atoms in total. The molecular formula is C13H18N2O3S. The smallest absolute Gasteiger partial charge is 0.242 e. The van der Waals surface area contributed by atoms with Gasteiger partial charge in [-0.25, -0.2) is 12.7 Å². The Morgan fingerprint density at radius 2 is 1.58 bits per heavy atom. The molecule has 2 rings (SSSR count). The summed E-state index contributed by atoms with van der Waals surface area (Å²) in [6.45, 7) is 1.41. The van der Waals surface area contributed by atoms with Crippen LogP contribution in [0.25, 0.3) is 0 Å². The topological polar surface area (TPSA) is 57.7 Å². The van der Waals surface area contributed by atoms with Crippen molar-refractivity contribution < 1.29 is 13.2 Å². The molecule has 0 atom stereocenters. The molecule has 0 saturated carbocycles. The van der Waals surface area contributed by atoms with Crippen molar-refractivity contribution in [2.45, 2.75) is 17.7 Å². The van der Waals surface area contributed by atoms with Gasteiger partial charge in [0.1, 0.15) is 5.78 Å². The van der Waals surface area contributed by atoms with Crippen molar-refractivity contribution >= 4 is 21.5 Å². The van der Waals surface area contributed by atoms with Gasteiger partial charge in [-0.1, -0.05) is 0 Å². The van der Waals surface area contributed by atoms with Crippen molar-refractivity contribution in [1.29, 1.82) is 0 Å². The van der Waals surface area contributed by atoms with Crippen LogP contribution in [0.4, 0.5) is 5.69 Å². The third-order valence-electron chi connectivity index (χ3n) is 3.30. The van der Waals surface area contributed by atoms with Crippen molar-refractivity contribution in [3.8, 4) is 0 Å². The molecule has 1 saturated heterocycles. The molecule has 0 aliphatic carbocycles. The first-order chi connectivity index (χ1) is 8.91. The maximum Gasteiger partial charge on any atom is 0.242 e. The maximum atomic E-state index is 11.9. The summed E-state index contributed by atoms with van der Waals surface area (Å²) >= 11 is 0. The fourth-order valence-corrected chi connectivity index (χ4v) is 2.96. The summed E-state index contributed by atoms with van der Waals surface area (Å²) in [6, 6.07) is 6.82. The van der Waals surface area contributed by atoms with E-state index in [2.05, 4.69) is 4.90 Å². The maximum absolute atomic E-state index is 11.9. The first kappa shape index (κ1) is 14.0. The van der Waals surface area contributed by atoms with E-state index in [0.29, 0.717) is 31.7 Å². The second-order valence-corrected chi connectivity index (χ2v) is 6.96. The molecule has 6 heteroatoms. The summed E-state index contributed by atoms with van der Waals surface area (Å²) in [5.41, 5.74) is 0.963. The number of rotatable bonds is 3. The molecule has 1 fully saturated rings. The van der Waals surface area contributed by atoms with Crippen LogP contribution in [0.5, 0.6) is 0 Å². The Hall–Kier alpha value is -1.40. The highest BCUT2D eigenvalue weighted by Gasteiger charge is 2.19. The lowest BCUT2D eigenvalue weighted by Gasteiger charge is -2.28. The SMILES string of the molecule is CN(C)S(=O)(=O)c1ccc(N2CCC(=O)CC2)cc1. The fourth-order valence-electron chi connectivity index (χ4n) is 2.05. The summed E-state index contributed by atoms with van der Waals surface area (Å²) in [4.78, 5) is 13.6. The molecule has 104 valence electrons. The van der Waals surface area contributed by atoms with Crippen molar-refractivity contribution in [2.24, 2.45) is 0 Å². The van der Waals surface area contributed by atoms with Gasteiger partial charge in [-0.05, 0) is 24.3 Å². The molecule has 0 unspecified atom stereocenters. The Morgan fingerprint density at radius 3 is 2.05 bits per heavy atom. The van der Waals surface area contributed by atoms with E-state index in [4.69, 9.17) is 0 Å². The first-order valence-electron chi connectivity index (χ1n) is 6.20. The van der Waals surface area contributed by atoms with E-state index in [1.165, 1.54) is 18.4 Å². The van der Waals surface area contributed by atoms with E-state index in [9.17, 15) is 13.2 Å². The lowest BCUT2D eigenvalue weighted by molar-refractivity contribution is -0.119. The number of piperidine rings is 1. The predicted octanol–water partition coefficient (Wildman–Crippen LogP) is 1.11. The number of sulfonamides is 1. The van der Waals surface area contributed by atoms with E-state index >= 15 is 0 Å². The molecule has 1 aromatic rings. The van der Waals surface area contributed by atoms with Crippen LogP contribution >= 0.6 is 0 Å². The van der Waals surface area contributed by atoms with Crippen LogP contribution in [0, 0.1) is 0 Å². The highest BCUT2D eigenvalue weighted by atomic mass is 32.2. The third-order valence-corrected chi connectivity index (χ3v) is 5.13. The van der Waals surface area contributed by atoms with Crippen LogP contribution in [-0.4, -0.2) is 45.7 Å². The predicted molar refractivity (Wildman–Crippen MR) is 73.8 cm³/mol. The Labute approximate surface area is 113 Å². The van der Waals surface area contributed by atoms with Crippen LogP contribution in [0.1, 0.15) is 12.8 Å². The zero-order valence-electron chi connectivity index (χ0n) is 11.2. The number of hydrogen-bond donors (Lipinski definition) is 0. The zero-order valence-corrected chi connectivity index (χ0v) is 12.0. The van der Waals surface area contributed by atoms with Gasteiger partial charge in [-0.3, -0.25) is 4.79 Å². The van der Waals surface area contributed by atoms with Gasteiger partial charge in [0.15, 0.2) is 0 Å². The number of anilines is 1. The summed E-state index contributed by atoms with van der Waals surface area (Å²) in [7, 11) is -0.346. The molecule has 0 N–H and O–H groups in total. The lowest BCUT2D eigenvalue weighted by atomic mass is 10.1. The van der Waals surface area contributed by atoms with Crippen molar-refractivity contribution in [3.05, 3.63) is 24.3 Å². The van der Waals surface area contributed by atoms with Gasteiger partial charge in [0.2, 0.25) is 10.0 Å². The fraction of sp³-hybridized carbons (Fsp3) is 0.462. The van der Waals surface area contributed by atoms with Gasteiger partial charge in [0.25, 0.3) is 0 Å². The van der Waals surface area contributed by atoms with Gasteiger partial charge in [-0.15, -0.1) is 0 Å². The molecule has 0 bridgehead atoms. The van der Waals surface area contributed by atoms with E-state index in [0.717, 1.165) is 5.69 Å². The molecule has 0 radical (unpaired) electrons. The molecule has 0 aromatic heterocycles. The van der Waals surface area contributed by atoms with Crippen LogP contribution in [0.3, 0.4) is 0 Å². The highest BCUT2D eigenvalue weighted by Crippen LogP contribution is 2.21. The molecule has 1 aromatic carbocycles. The highest BCUT2D eigenvalue weighted by molar-refractivity contribution is 7.89. The molecule has 0 amide bonds. The number of carbonyl (C=O) groups excluding carboxylic acids is 1. The van der Waals surface area contributed by atoms with Gasteiger partial charge in [0.05, 0.1) is 4.90 Å². The van der Waals surface area contributed by atoms with Crippen LogP contribution in [0.15, 0.2) is 29.2 Å². The summed E-state index contributed by atoms with van der Waals surface area (Å²) in [5.74, 6) is 0.294. The third kappa shape index (κ3) is 2.96. The minimum Gasteiger partial charge on any atom is -0.371 e. The molecule has 1 aliphatic rings. The number of nitrogens with zero attached hydrogens (tertiary/aromatic N) is 2. The van der Waals surface area contributed by atoms with Gasteiger partial charge in [0, 0.05) is 45.7 Å².